The Hall–Kier alpha value is -4.37. The molecule has 0 atom stereocenters. The highest BCUT2D eigenvalue weighted by molar-refractivity contribution is 5.95. The van der Waals surface area contributed by atoms with Gasteiger partial charge in [-0.3, -0.25) is 14.8 Å². The number of aliphatic hydroxyl groups excluding tert-OH is 1. The first-order valence-electron chi connectivity index (χ1n) is 10.1. The van der Waals surface area contributed by atoms with Gasteiger partial charge >= 0.3 is 0 Å². The van der Waals surface area contributed by atoms with E-state index in [0.29, 0.717) is 28.4 Å². The molecule has 156 valence electrons. The minimum absolute atomic E-state index is 0.159. The topological polar surface area (TPSA) is 121 Å². The molecule has 6 aromatic rings. The summed E-state index contributed by atoms with van der Waals surface area (Å²) < 4.78 is 1.67. The first-order valence-corrected chi connectivity index (χ1v) is 10.1. The fourth-order valence-corrected chi connectivity index (χ4v) is 3.95. The van der Waals surface area contributed by atoms with E-state index in [9.17, 15) is 5.11 Å². The second-order valence-electron chi connectivity index (χ2n) is 7.49. The Morgan fingerprint density at radius 2 is 1.84 bits per heavy atom. The highest BCUT2D eigenvalue weighted by Gasteiger charge is 2.18. The van der Waals surface area contributed by atoms with Crippen molar-refractivity contribution in [1.29, 1.82) is 0 Å². The third-order valence-corrected chi connectivity index (χ3v) is 5.42. The van der Waals surface area contributed by atoms with Gasteiger partial charge in [-0.2, -0.15) is 10.2 Å². The van der Waals surface area contributed by atoms with Gasteiger partial charge in [0.15, 0.2) is 11.5 Å². The highest BCUT2D eigenvalue weighted by atomic mass is 16.3. The average molecular weight is 422 g/mol. The number of rotatable bonds is 4. The lowest BCUT2D eigenvalue weighted by Crippen LogP contribution is -1.92. The highest BCUT2D eigenvalue weighted by Crippen LogP contribution is 2.31. The predicted octanol–water partition coefficient (Wildman–Crippen LogP) is 3.46. The summed E-state index contributed by atoms with van der Waals surface area (Å²) in [5.74, 6) is 0.618. The average Bonchev–Trinajstić information content (AvgIpc) is 3.54. The second kappa shape index (κ2) is 7.10. The van der Waals surface area contributed by atoms with Gasteiger partial charge < -0.3 is 10.1 Å². The molecule has 9 heteroatoms. The zero-order chi connectivity index (χ0) is 21.7. The summed E-state index contributed by atoms with van der Waals surface area (Å²) in [4.78, 5) is 17.5. The molecule has 1 aromatic carbocycles. The van der Waals surface area contributed by atoms with Gasteiger partial charge in [-0.05, 0) is 30.3 Å². The lowest BCUT2D eigenvalue weighted by atomic mass is 10.1. The molecular weight excluding hydrogens is 404 g/mol. The van der Waals surface area contributed by atoms with Crippen molar-refractivity contribution in [1.82, 2.24) is 39.9 Å². The molecular formula is C23H18N8O. The summed E-state index contributed by atoms with van der Waals surface area (Å²) in [7, 11) is 1.82. The molecule has 0 bridgehead atoms. The van der Waals surface area contributed by atoms with E-state index in [-0.39, 0.29) is 6.61 Å². The molecule has 0 fully saturated rings. The van der Waals surface area contributed by atoms with Crippen LogP contribution in [-0.4, -0.2) is 45.0 Å². The van der Waals surface area contributed by atoms with Crippen LogP contribution in [0, 0.1) is 0 Å². The van der Waals surface area contributed by atoms with E-state index in [4.69, 9.17) is 9.97 Å². The third kappa shape index (κ3) is 2.87. The Balaban J connectivity index is 1.51. The maximum absolute atomic E-state index is 9.66. The summed E-state index contributed by atoms with van der Waals surface area (Å²) >= 11 is 0. The molecule has 0 radical (unpaired) electrons. The zero-order valence-corrected chi connectivity index (χ0v) is 17.1. The third-order valence-electron chi connectivity index (χ3n) is 5.42. The van der Waals surface area contributed by atoms with Crippen molar-refractivity contribution in [3.05, 3.63) is 66.6 Å². The Morgan fingerprint density at radius 3 is 2.69 bits per heavy atom. The number of aryl methyl sites for hydroxylation is 1. The molecule has 0 saturated heterocycles. The van der Waals surface area contributed by atoms with Gasteiger partial charge in [0.05, 0.1) is 40.2 Å². The number of nitrogens with one attached hydrogen (secondary N) is 2. The van der Waals surface area contributed by atoms with Crippen LogP contribution in [0.1, 0.15) is 5.69 Å². The number of para-hydroxylation sites is 1. The number of H-pyrrole nitrogens is 2. The molecule has 0 amide bonds. The van der Waals surface area contributed by atoms with Crippen LogP contribution in [0.2, 0.25) is 0 Å². The monoisotopic (exact) mass is 422 g/mol. The number of fused-ring (bicyclic) bond motifs is 2. The van der Waals surface area contributed by atoms with Crippen LogP contribution in [0.25, 0.3) is 56.1 Å². The molecule has 0 aliphatic heterocycles. The quantitative estimate of drug-likeness (QED) is 0.400. The number of pyridine rings is 2. The van der Waals surface area contributed by atoms with Crippen LogP contribution >= 0.6 is 0 Å². The molecule has 0 spiro atoms. The molecule has 5 heterocycles. The van der Waals surface area contributed by atoms with Crippen LogP contribution in [0.3, 0.4) is 0 Å². The van der Waals surface area contributed by atoms with Gasteiger partial charge in [-0.1, -0.05) is 18.2 Å². The van der Waals surface area contributed by atoms with Crippen LogP contribution in [0.15, 0.2) is 60.9 Å². The van der Waals surface area contributed by atoms with Crippen molar-refractivity contribution >= 4 is 22.1 Å². The summed E-state index contributed by atoms with van der Waals surface area (Å²) in [6.07, 6.45) is 3.62. The number of aliphatic hydroxyl groups is 1. The summed E-state index contributed by atoms with van der Waals surface area (Å²) in [5, 5.41) is 21.5. The molecule has 0 aliphatic rings. The molecule has 0 aliphatic carbocycles. The van der Waals surface area contributed by atoms with E-state index in [0.717, 1.165) is 33.4 Å². The lowest BCUT2D eigenvalue weighted by Gasteiger charge is -2.00. The predicted molar refractivity (Wildman–Crippen MR) is 120 cm³/mol. The molecule has 9 nitrogen and oxygen atoms in total. The molecule has 3 N–H and O–H groups in total. The smallest absolute Gasteiger partial charge is 0.161 e. The normalized spacial score (nSPS) is 11.6. The van der Waals surface area contributed by atoms with Gasteiger partial charge in [0, 0.05) is 30.6 Å². The van der Waals surface area contributed by atoms with Crippen molar-refractivity contribution in [2.75, 3.05) is 0 Å². The second-order valence-corrected chi connectivity index (χ2v) is 7.49. The van der Waals surface area contributed by atoms with Gasteiger partial charge in [-0.15, -0.1) is 0 Å². The maximum atomic E-state index is 9.66. The van der Waals surface area contributed by atoms with Gasteiger partial charge in [-0.25, -0.2) is 9.97 Å². The first-order chi connectivity index (χ1) is 15.7. The van der Waals surface area contributed by atoms with Crippen molar-refractivity contribution in [2.45, 2.75) is 6.61 Å². The fraction of sp³-hybridized carbons (Fsp3) is 0.0870. The number of imidazole rings is 1. The number of aromatic amines is 2. The minimum Gasteiger partial charge on any atom is -0.390 e. The Labute approximate surface area is 181 Å². The largest absolute Gasteiger partial charge is 0.390 e. The molecule has 32 heavy (non-hydrogen) atoms. The summed E-state index contributed by atoms with van der Waals surface area (Å²) in [6.45, 7) is -0.159. The Kier molecular flexibility index (Phi) is 4.08. The SMILES string of the molecule is Cn1cc(-c2ccc3[nH]nc(-c4nc5c(-c6ccccn6)cccc5[nH]4)c3n2)c(CO)n1. The van der Waals surface area contributed by atoms with Crippen molar-refractivity contribution < 1.29 is 5.11 Å². The minimum atomic E-state index is -0.159. The van der Waals surface area contributed by atoms with Crippen molar-refractivity contribution in [2.24, 2.45) is 7.05 Å². The number of nitrogens with zero attached hydrogens (tertiary/aromatic N) is 6. The fourth-order valence-electron chi connectivity index (χ4n) is 3.95. The lowest BCUT2D eigenvalue weighted by molar-refractivity contribution is 0.276. The standard InChI is InChI=1S/C23H18N8O/c1-31-11-14(19(12-32)30-31)16-8-9-18-21(25-16)22(29-28-18)23-26-17-7-4-5-13(20(17)27-23)15-6-2-3-10-24-15/h2-11,32H,12H2,1H3,(H,26,27)(H,28,29). The van der Waals surface area contributed by atoms with E-state index in [2.05, 4.69) is 25.3 Å². The molecule has 5 aromatic heterocycles. The maximum Gasteiger partial charge on any atom is 0.161 e. The number of hydrogen-bond acceptors (Lipinski definition) is 6. The van der Waals surface area contributed by atoms with Gasteiger partial charge in [0.2, 0.25) is 0 Å². The van der Waals surface area contributed by atoms with Crippen molar-refractivity contribution in [3.63, 3.8) is 0 Å². The van der Waals surface area contributed by atoms with Gasteiger partial charge in [0.1, 0.15) is 5.52 Å². The van der Waals surface area contributed by atoms with Crippen LogP contribution in [0.5, 0.6) is 0 Å². The molecule has 0 saturated carbocycles. The molecule has 6 rings (SSSR count). The van der Waals surface area contributed by atoms with E-state index in [1.165, 1.54) is 0 Å². The summed E-state index contributed by atoms with van der Waals surface area (Å²) in [6, 6.07) is 15.6. The number of aromatic nitrogens is 8. The van der Waals surface area contributed by atoms with Crippen LogP contribution in [0.4, 0.5) is 0 Å². The summed E-state index contributed by atoms with van der Waals surface area (Å²) in [5.41, 5.74) is 7.70. The van der Waals surface area contributed by atoms with Crippen LogP contribution < -0.4 is 0 Å². The number of benzene rings is 1. The van der Waals surface area contributed by atoms with Crippen molar-refractivity contribution in [3.8, 4) is 34.0 Å². The molecule has 0 unspecified atom stereocenters. The first kappa shape index (κ1) is 18.4. The van der Waals surface area contributed by atoms with E-state index >= 15 is 0 Å². The van der Waals surface area contributed by atoms with E-state index in [1.807, 2.05) is 61.8 Å². The van der Waals surface area contributed by atoms with E-state index in [1.54, 1.807) is 10.9 Å². The number of hydrogen-bond donors (Lipinski definition) is 3. The van der Waals surface area contributed by atoms with Crippen LogP contribution in [-0.2, 0) is 13.7 Å². The zero-order valence-electron chi connectivity index (χ0n) is 17.1. The van der Waals surface area contributed by atoms with E-state index < -0.39 is 0 Å². The Morgan fingerprint density at radius 1 is 0.906 bits per heavy atom. The Bertz CT molecular complexity index is 1580. The van der Waals surface area contributed by atoms with Gasteiger partial charge in [0.25, 0.3) is 0 Å².